The number of benzene rings is 3. The molecule has 0 aliphatic heterocycles. The number of amides is 1. The van der Waals surface area contributed by atoms with Crippen molar-refractivity contribution in [2.45, 2.75) is 6.42 Å². The lowest BCUT2D eigenvalue weighted by Gasteiger charge is -2.25. The number of carbonyl (C=O) groups excluding carboxylic acids is 2. The van der Waals surface area contributed by atoms with Gasteiger partial charge in [0.25, 0.3) is 5.91 Å². The standard InChI is InChI=1S/C42H33N7O5/c50-29-31-10-7-26-46-41(31)52-35-21-17-33(18-22-35)49(39-14-4-6-25-44-39)54-37-12-2-1-9-30(37)23-28-45-40(51)36-11-8-27-47-42(36)53-34-19-15-32(16-20-34)48-38-13-3-5-24-43-38/h1-22,24-27,29H,23,28H2,(H,43,48)(H,45,51). The Bertz CT molecular complexity index is 2310. The number of aromatic nitrogens is 4. The Morgan fingerprint density at radius 1 is 0.648 bits per heavy atom. The predicted molar refractivity (Wildman–Crippen MR) is 204 cm³/mol. The van der Waals surface area contributed by atoms with Crippen molar-refractivity contribution >= 4 is 35.2 Å². The molecule has 0 aliphatic carbocycles. The Balaban J connectivity index is 1.01. The van der Waals surface area contributed by atoms with Gasteiger partial charge in [0.05, 0.1) is 11.3 Å². The molecule has 0 aliphatic rings. The minimum absolute atomic E-state index is 0.191. The van der Waals surface area contributed by atoms with E-state index in [0.717, 1.165) is 17.1 Å². The molecule has 7 aromatic rings. The maximum absolute atomic E-state index is 13.4. The van der Waals surface area contributed by atoms with Crippen LogP contribution in [0, 0.1) is 0 Å². The second kappa shape index (κ2) is 17.1. The molecule has 0 fully saturated rings. The third-order valence-electron chi connectivity index (χ3n) is 7.93. The molecule has 0 spiro atoms. The monoisotopic (exact) mass is 715 g/mol. The molecule has 266 valence electrons. The van der Waals surface area contributed by atoms with E-state index in [0.29, 0.717) is 59.1 Å². The molecule has 4 heterocycles. The van der Waals surface area contributed by atoms with E-state index in [1.807, 2.05) is 84.9 Å². The molecular weight excluding hydrogens is 683 g/mol. The average Bonchev–Trinajstić information content (AvgIpc) is 3.22. The zero-order valence-corrected chi connectivity index (χ0v) is 28.8. The van der Waals surface area contributed by atoms with E-state index in [2.05, 4.69) is 30.6 Å². The van der Waals surface area contributed by atoms with Crippen LogP contribution in [0.2, 0.25) is 0 Å². The van der Waals surface area contributed by atoms with Crippen molar-refractivity contribution in [3.05, 3.63) is 175 Å². The highest BCUT2D eigenvalue weighted by atomic mass is 16.7. The van der Waals surface area contributed by atoms with Gasteiger partial charge in [-0.05, 0) is 115 Å². The molecule has 0 radical (unpaired) electrons. The molecular formula is C42H33N7O5. The number of aldehydes is 1. The number of nitrogens with one attached hydrogen (secondary N) is 2. The molecule has 12 nitrogen and oxygen atoms in total. The third kappa shape index (κ3) is 8.82. The van der Waals surface area contributed by atoms with Crippen molar-refractivity contribution in [3.63, 3.8) is 0 Å². The Morgan fingerprint density at radius 2 is 1.31 bits per heavy atom. The van der Waals surface area contributed by atoms with Crippen LogP contribution in [0.3, 0.4) is 0 Å². The molecule has 0 unspecified atom stereocenters. The Hall–Kier alpha value is -7.60. The van der Waals surface area contributed by atoms with E-state index < -0.39 is 0 Å². The molecule has 54 heavy (non-hydrogen) atoms. The summed E-state index contributed by atoms with van der Waals surface area (Å²) in [7, 11) is 0. The van der Waals surface area contributed by atoms with E-state index in [1.54, 1.807) is 78.4 Å². The summed E-state index contributed by atoms with van der Waals surface area (Å²) in [4.78, 5) is 48.6. The van der Waals surface area contributed by atoms with Gasteiger partial charge in [0.2, 0.25) is 11.8 Å². The fourth-order valence-corrected chi connectivity index (χ4v) is 5.30. The first-order chi connectivity index (χ1) is 26.6. The van der Waals surface area contributed by atoms with Gasteiger partial charge < -0.3 is 24.9 Å². The van der Waals surface area contributed by atoms with E-state index in [9.17, 15) is 9.59 Å². The highest BCUT2D eigenvalue weighted by molar-refractivity contribution is 5.96. The first-order valence-electron chi connectivity index (χ1n) is 17.0. The zero-order chi connectivity index (χ0) is 37.0. The molecule has 4 aromatic heterocycles. The van der Waals surface area contributed by atoms with Crippen LogP contribution in [0.15, 0.2) is 158 Å². The second-order valence-electron chi connectivity index (χ2n) is 11.6. The predicted octanol–water partition coefficient (Wildman–Crippen LogP) is 8.51. The normalized spacial score (nSPS) is 10.5. The van der Waals surface area contributed by atoms with Gasteiger partial charge >= 0.3 is 0 Å². The SMILES string of the molecule is O=Cc1cccnc1Oc1ccc(N(Oc2ccccc2CCNC(=O)c2cccnc2Oc2ccc(Nc3ccccn3)cc2)c2ccccn2)cc1. The summed E-state index contributed by atoms with van der Waals surface area (Å²) in [5.41, 5.74) is 3.02. The molecule has 2 N–H and O–H groups in total. The number of pyridine rings is 4. The van der Waals surface area contributed by atoms with Crippen molar-refractivity contribution < 1.29 is 23.9 Å². The number of para-hydroxylation sites is 1. The van der Waals surface area contributed by atoms with Crippen LogP contribution in [0.25, 0.3) is 0 Å². The lowest BCUT2D eigenvalue weighted by molar-refractivity contribution is 0.0950. The highest BCUT2D eigenvalue weighted by Gasteiger charge is 2.18. The minimum Gasteiger partial charge on any atom is -0.438 e. The van der Waals surface area contributed by atoms with Gasteiger partial charge in [-0.3, -0.25) is 9.59 Å². The fourth-order valence-electron chi connectivity index (χ4n) is 5.30. The summed E-state index contributed by atoms with van der Waals surface area (Å²) in [6, 6.07) is 39.9. The van der Waals surface area contributed by atoms with Gasteiger partial charge in [0, 0.05) is 37.0 Å². The van der Waals surface area contributed by atoms with E-state index in [-0.39, 0.29) is 17.7 Å². The largest absolute Gasteiger partial charge is 0.438 e. The number of ether oxygens (including phenoxy) is 2. The summed E-state index contributed by atoms with van der Waals surface area (Å²) in [6.45, 7) is 0.313. The van der Waals surface area contributed by atoms with Crippen molar-refractivity contribution in [2.24, 2.45) is 0 Å². The zero-order valence-electron chi connectivity index (χ0n) is 28.8. The molecule has 0 saturated heterocycles. The quantitative estimate of drug-likeness (QED) is 0.0780. The fraction of sp³-hybridized carbons (Fsp3) is 0.0476. The Kier molecular flexibility index (Phi) is 11.0. The summed E-state index contributed by atoms with van der Waals surface area (Å²) < 4.78 is 11.9. The molecule has 0 atom stereocenters. The van der Waals surface area contributed by atoms with Crippen molar-refractivity contribution in [1.82, 2.24) is 25.3 Å². The van der Waals surface area contributed by atoms with Gasteiger partial charge in [-0.15, -0.1) is 0 Å². The minimum atomic E-state index is -0.326. The maximum Gasteiger partial charge on any atom is 0.256 e. The topological polar surface area (TPSA) is 141 Å². The molecule has 12 heteroatoms. The number of anilines is 4. The van der Waals surface area contributed by atoms with Crippen LogP contribution in [-0.4, -0.2) is 38.7 Å². The first kappa shape index (κ1) is 34.8. The summed E-state index contributed by atoms with van der Waals surface area (Å²) in [6.07, 6.45) is 7.70. The van der Waals surface area contributed by atoms with Gasteiger partial charge in [0.15, 0.2) is 17.9 Å². The number of nitrogens with zero attached hydrogens (tertiary/aromatic N) is 5. The van der Waals surface area contributed by atoms with Gasteiger partial charge in [-0.25, -0.2) is 19.9 Å². The van der Waals surface area contributed by atoms with Gasteiger partial charge in [-0.1, -0.05) is 30.3 Å². The van der Waals surface area contributed by atoms with E-state index >= 15 is 0 Å². The average molecular weight is 716 g/mol. The highest BCUT2D eigenvalue weighted by Crippen LogP contribution is 2.31. The van der Waals surface area contributed by atoms with E-state index in [1.165, 1.54) is 0 Å². The molecule has 7 rings (SSSR count). The van der Waals surface area contributed by atoms with Gasteiger partial charge in [0.1, 0.15) is 22.9 Å². The van der Waals surface area contributed by atoms with Crippen LogP contribution >= 0.6 is 0 Å². The van der Waals surface area contributed by atoms with Crippen LogP contribution < -0.4 is 30.0 Å². The lowest BCUT2D eigenvalue weighted by atomic mass is 10.1. The van der Waals surface area contributed by atoms with Crippen molar-refractivity contribution in [1.29, 1.82) is 0 Å². The number of hydrogen-bond donors (Lipinski definition) is 2. The molecule has 3 aromatic carbocycles. The van der Waals surface area contributed by atoms with Crippen LogP contribution in [0.5, 0.6) is 29.0 Å². The molecule has 0 bridgehead atoms. The second-order valence-corrected chi connectivity index (χ2v) is 11.6. The Labute approximate surface area is 311 Å². The van der Waals surface area contributed by atoms with Gasteiger partial charge in [-0.2, -0.15) is 5.06 Å². The number of carbonyl (C=O) groups is 2. The molecule has 1 amide bonds. The Morgan fingerprint density at radius 3 is 2.06 bits per heavy atom. The molecule has 0 saturated carbocycles. The summed E-state index contributed by atoms with van der Waals surface area (Å²) >= 11 is 0. The third-order valence-corrected chi connectivity index (χ3v) is 7.93. The summed E-state index contributed by atoms with van der Waals surface area (Å²) in [5.74, 6) is 2.95. The smallest absolute Gasteiger partial charge is 0.256 e. The van der Waals surface area contributed by atoms with Crippen LogP contribution in [-0.2, 0) is 6.42 Å². The van der Waals surface area contributed by atoms with Crippen molar-refractivity contribution in [3.8, 4) is 29.0 Å². The first-order valence-corrected chi connectivity index (χ1v) is 17.0. The number of hydrogen-bond acceptors (Lipinski definition) is 11. The van der Waals surface area contributed by atoms with Crippen LogP contribution in [0.4, 0.5) is 23.0 Å². The lowest BCUT2D eigenvalue weighted by Crippen LogP contribution is -2.27. The van der Waals surface area contributed by atoms with E-state index in [4.69, 9.17) is 14.3 Å². The van der Waals surface area contributed by atoms with Crippen LogP contribution in [0.1, 0.15) is 26.3 Å². The number of rotatable bonds is 15. The van der Waals surface area contributed by atoms with Crippen molar-refractivity contribution in [2.75, 3.05) is 16.9 Å². The summed E-state index contributed by atoms with van der Waals surface area (Å²) in [5, 5.41) is 7.83. The maximum atomic E-state index is 13.4.